The van der Waals surface area contributed by atoms with Crippen LogP contribution in [0, 0.1) is 0 Å². The van der Waals surface area contributed by atoms with Gasteiger partial charge in [0.05, 0.1) is 11.3 Å². The number of aromatic nitrogens is 2. The van der Waals surface area contributed by atoms with Crippen molar-refractivity contribution >= 4 is 5.91 Å². The lowest BCUT2D eigenvalue weighted by molar-refractivity contribution is -0.141. The predicted octanol–water partition coefficient (Wildman–Crippen LogP) is 4.06. The maximum absolute atomic E-state index is 13.1. The van der Waals surface area contributed by atoms with Crippen LogP contribution in [0.1, 0.15) is 16.8 Å². The molecule has 1 aliphatic rings. The van der Waals surface area contributed by atoms with E-state index in [1.54, 1.807) is 4.90 Å². The van der Waals surface area contributed by atoms with Crippen molar-refractivity contribution in [2.75, 3.05) is 13.2 Å². The van der Waals surface area contributed by atoms with E-state index in [1.807, 2.05) is 30.3 Å². The van der Waals surface area contributed by atoms with Crippen molar-refractivity contribution in [2.45, 2.75) is 19.1 Å². The van der Waals surface area contributed by atoms with Gasteiger partial charge >= 0.3 is 6.18 Å². The zero-order valence-electron chi connectivity index (χ0n) is 15.4. The van der Waals surface area contributed by atoms with Gasteiger partial charge in [0.2, 0.25) is 0 Å². The number of hydrogen-bond donors (Lipinski definition) is 1. The van der Waals surface area contributed by atoms with Gasteiger partial charge in [0.25, 0.3) is 5.91 Å². The third-order valence-corrected chi connectivity index (χ3v) is 4.88. The van der Waals surface area contributed by atoms with Gasteiger partial charge in [-0.15, -0.1) is 0 Å². The molecule has 3 aromatic rings. The monoisotopic (exact) mass is 401 g/mol. The standard InChI is InChI=1S/C21H18F3N3O2/c22-21(23,24)16-8-4-5-9-18(16)29-13-19(28)27-11-10-17-15(12-27)20(26-25-17)14-6-2-1-3-7-14/h1-9H,10-13H2,(H,25,26). The smallest absolute Gasteiger partial charge is 0.419 e. The first kappa shape index (κ1) is 19.0. The molecule has 0 unspecified atom stereocenters. The quantitative estimate of drug-likeness (QED) is 0.717. The highest BCUT2D eigenvalue weighted by molar-refractivity contribution is 5.78. The van der Waals surface area contributed by atoms with Crippen LogP contribution in [-0.2, 0) is 23.9 Å². The van der Waals surface area contributed by atoms with Gasteiger partial charge in [0.15, 0.2) is 6.61 Å². The van der Waals surface area contributed by atoms with Crippen LogP contribution in [0.4, 0.5) is 13.2 Å². The molecule has 2 aromatic carbocycles. The van der Waals surface area contributed by atoms with Crippen molar-refractivity contribution in [1.29, 1.82) is 0 Å². The number of rotatable bonds is 4. The van der Waals surface area contributed by atoms with Crippen molar-refractivity contribution in [2.24, 2.45) is 0 Å². The van der Waals surface area contributed by atoms with Crippen molar-refractivity contribution in [3.8, 4) is 17.0 Å². The lowest BCUT2D eigenvalue weighted by Crippen LogP contribution is -2.38. The molecule has 4 rings (SSSR count). The van der Waals surface area contributed by atoms with E-state index in [-0.39, 0.29) is 11.7 Å². The minimum atomic E-state index is -4.54. The lowest BCUT2D eigenvalue weighted by atomic mass is 10.0. The molecule has 150 valence electrons. The minimum absolute atomic E-state index is 0.333. The summed E-state index contributed by atoms with van der Waals surface area (Å²) in [6.07, 6.45) is -3.94. The average molecular weight is 401 g/mol. The molecule has 0 radical (unpaired) electrons. The van der Waals surface area contributed by atoms with Crippen LogP contribution in [0.2, 0.25) is 0 Å². The second kappa shape index (κ2) is 7.62. The van der Waals surface area contributed by atoms with Crippen molar-refractivity contribution < 1.29 is 22.7 Å². The third-order valence-electron chi connectivity index (χ3n) is 4.88. The number of nitrogens with one attached hydrogen (secondary N) is 1. The second-order valence-corrected chi connectivity index (χ2v) is 6.74. The Morgan fingerprint density at radius 2 is 1.83 bits per heavy atom. The molecule has 0 aliphatic carbocycles. The summed E-state index contributed by atoms with van der Waals surface area (Å²) in [7, 11) is 0. The third kappa shape index (κ3) is 3.96. The number of ether oxygens (including phenoxy) is 1. The fourth-order valence-corrected chi connectivity index (χ4v) is 3.40. The van der Waals surface area contributed by atoms with Crippen LogP contribution >= 0.6 is 0 Å². The van der Waals surface area contributed by atoms with E-state index in [0.717, 1.165) is 28.6 Å². The topological polar surface area (TPSA) is 58.2 Å². The van der Waals surface area contributed by atoms with Crippen molar-refractivity contribution in [3.05, 3.63) is 71.4 Å². The van der Waals surface area contributed by atoms with Crippen LogP contribution in [0.15, 0.2) is 54.6 Å². The molecular formula is C21H18F3N3O2. The molecule has 2 heterocycles. The van der Waals surface area contributed by atoms with E-state index >= 15 is 0 Å². The highest BCUT2D eigenvalue weighted by Gasteiger charge is 2.34. The Labute approximate surface area is 165 Å². The van der Waals surface area contributed by atoms with Crippen LogP contribution in [0.3, 0.4) is 0 Å². The number of amides is 1. The Bertz CT molecular complexity index is 1020. The Morgan fingerprint density at radius 1 is 1.10 bits per heavy atom. The summed E-state index contributed by atoms with van der Waals surface area (Å²) in [6, 6.07) is 14.5. The van der Waals surface area contributed by atoms with E-state index < -0.39 is 18.3 Å². The molecule has 0 saturated heterocycles. The molecule has 29 heavy (non-hydrogen) atoms. The van der Waals surface area contributed by atoms with Gasteiger partial charge in [-0.1, -0.05) is 42.5 Å². The van der Waals surface area contributed by atoms with Crippen LogP contribution in [0.5, 0.6) is 5.75 Å². The molecule has 0 spiro atoms. The molecule has 0 bridgehead atoms. The Kier molecular flexibility index (Phi) is 5.00. The summed E-state index contributed by atoms with van der Waals surface area (Å²) < 4.78 is 44.5. The summed E-state index contributed by atoms with van der Waals surface area (Å²) in [6.45, 7) is 0.326. The predicted molar refractivity (Wildman–Crippen MR) is 100 cm³/mol. The second-order valence-electron chi connectivity index (χ2n) is 6.74. The lowest BCUT2D eigenvalue weighted by Gasteiger charge is -2.27. The number of carbonyl (C=O) groups is 1. The first-order valence-electron chi connectivity index (χ1n) is 9.12. The summed E-state index contributed by atoms with van der Waals surface area (Å²) in [5.74, 6) is -0.716. The van der Waals surface area contributed by atoms with E-state index in [1.165, 1.54) is 18.2 Å². The highest BCUT2D eigenvalue weighted by Crippen LogP contribution is 2.36. The number of H-pyrrole nitrogens is 1. The van der Waals surface area contributed by atoms with Crippen molar-refractivity contribution in [3.63, 3.8) is 0 Å². The molecule has 5 nitrogen and oxygen atoms in total. The zero-order valence-corrected chi connectivity index (χ0v) is 15.4. The molecular weight excluding hydrogens is 383 g/mol. The number of aromatic amines is 1. The molecule has 0 fully saturated rings. The normalized spacial score (nSPS) is 13.8. The maximum Gasteiger partial charge on any atom is 0.419 e. The average Bonchev–Trinajstić information content (AvgIpc) is 3.15. The summed E-state index contributed by atoms with van der Waals surface area (Å²) in [5.41, 5.74) is 2.72. The number of fused-ring (bicyclic) bond motifs is 1. The number of carbonyl (C=O) groups excluding carboxylic acids is 1. The van der Waals surface area contributed by atoms with Gasteiger partial charge in [0.1, 0.15) is 5.75 Å². The Hall–Kier alpha value is -3.29. The number of hydrogen-bond acceptors (Lipinski definition) is 3. The van der Waals surface area contributed by atoms with Gasteiger partial charge in [-0.05, 0) is 12.1 Å². The van der Waals surface area contributed by atoms with Crippen LogP contribution in [0.25, 0.3) is 11.3 Å². The first-order chi connectivity index (χ1) is 13.9. The molecule has 8 heteroatoms. The van der Waals surface area contributed by atoms with Crippen LogP contribution in [-0.4, -0.2) is 34.2 Å². The Morgan fingerprint density at radius 3 is 2.59 bits per heavy atom. The molecule has 1 aromatic heterocycles. The van der Waals surface area contributed by atoms with E-state index in [4.69, 9.17) is 4.74 Å². The molecule has 0 saturated carbocycles. The SMILES string of the molecule is O=C(COc1ccccc1C(F)(F)F)N1CCc2[nH]nc(-c3ccccc3)c2C1. The molecule has 1 aliphatic heterocycles. The summed E-state index contributed by atoms with van der Waals surface area (Å²) in [4.78, 5) is 14.2. The van der Waals surface area contributed by atoms with Gasteiger partial charge in [-0.3, -0.25) is 9.89 Å². The van der Waals surface area contributed by atoms with Gasteiger partial charge < -0.3 is 9.64 Å². The summed E-state index contributed by atoms with van der Waals surface area (Å²) in [5, 5.41) is 7.40. The molecule has 1 amide bonds. The van der Waals surface area contributed by atoms with E-state index in [0.29, 0.717) is 19.5 Å². The van der Waals surface area contributed by atoms with Crippen molar-refractivity contribution in [1.82, 2.24) is 15.1 Å². The number of para-hydroxylation sites is 1. The molecule has 1 N–H and O–H groups in total. The highest BCUT2D eigenvalue weighted by atomic mass is 19.4. The van der Waals surface area contributed by atoms with E-state index in [2.05, 4.69) is 10.2 Å². The largest absolute Gasteiger partial charge is 0.483 e. The number of halogens is 3. The molecule has 0 atom stereocenters. The number of alkyl halides is 3. The van der Waals surface area contributed by atoms with Gasteiger partial charge in [-0.2, -0.15) is 18.3 Å². The summed E-state index contributed by atoms with van der Waals surface area (Å²) >= 11 is 0. The maximum atomic E-state index is 13.1. The van der Waals surface area contributed by atoms with Gasteiger partial charge in [-0.25, -0.2) is 0 Å². The Balaban J connectivity index is 1.47. The first-order valence-corrected chi connectivity index (χ1v) is 9.12. The zero-order chi connectivity index (χ0) is 20.4. The minimum Gasteiger partial charge on any atom is -0.483 e. The number of nitrogens with zero attached hydrogens (tertiary/aromatic N) is 2. The van der Waals surface area contributed by atoms with E-state index in [9.17, 15) is 18.0 Å². The fraction of sp³-hybridized carbons (Fsp3) is 0.238. The van der Waals surface area contributed by atoms with Crippen LogP contribution < -0.4 is 4.74 Å². The fourth-order valence-electron chi connectivity index (χ4n) is 3.40. The van der Waals surface area contributed by atoms with Gasteiger partial charge in [0, 0.05) is 36.3 Å². The number of benzene rings is 2.